The Labute approximate surface area is 172 Å². The van der Waals surface area contributed by atoms with Crippen LogP contribution in [0.5, 0.6) is 0 Å². The third-order valence-electron chi connectivity index (χ3n) is 4.48. The van der Waals surface area contributed by atoms with Gasteiger partial charge in [-0.3, -0.25) is 4.79 Å². The lowest BCUT2D eigenvalue weighted by Gasteiger charge is -2.19. The van der Waals surface area contributed by atoms with Crippen LogP contribution >= 0.6 is 22.7 Å². The summed E-state index contributed by atoms with van der Waals surface area (Å²) >= 11 is 3.23. The summed E-state index contributed by atoms with van der Waals surface area (Å²) in [6, 6.07) is 22.4. The maximum absolute atomic E-state index is 12.7. The predicted octanol–water partition coefficient (Wildman–Crippen LogP) is 5.51. The molecule has 4 aromatic rings. The number of benzene rings is 2. The molecule has 2 aromatic carbocycles. The number of thiophene rings is 1. The number of carbonyl (C=O) groups excluding carboxylic acids is 1. The van der Waals surface area contributed by atoms with Crippen molar-refractivity contribution in [1.29, 1.82) is 0 Å². The molecule has 0 bridgehead atoms. The average molecular weight is 405 g/mol. The Bertz CT molecular complexity index is 1010. The van der Waals surface area contributed by atoms with Crippen LogP contribution < -0.4 is 5.32 Å². The molecule has 0 aliphatic heterocycles. The zero-order chi connectivity index (χ0) is 19.2. The summed E-state index contributed by atoms with van der Waals surface area (Å²) in [5, 5.41) is 10.3. The Morgan fingerprint density at radius 2 is 1.71 bits per heavy atom. The molecular formula is C23H20N2OS2. The largest absolute Gasteiger partial charge is 0.349 e. The van der Waals surface area contributed by atoms with E-state index >= 15 is 0 Å². The van der Waals surface area contributed by atoms with Gasteiger partial charge in [0.2, 0.25) is 5.91 Å². The van der Waals surface area contributed by atoms with Crippen molar-refractivity contribution in [3.8, 4) is 10.6 Å². The average Bonchev–Trinajstić information content (AvgIpc) is 3.41. The molecule has 1 N–H and O–H groups in total. The minimum absolute atomic E-state index is 0.00745. The van der Waals surface area contributed by atoms with Gasteiger partial charge >= 0.3 is 0 Å². The number of aromatic nitrogens is 1. The van der Waals surface area contributed by atoms with Crippen molar-refractivity contribution in [2.24, 2.45) is 0 Å². The first kappa shape index (κ1) is 18.6. The highest BCUT2D eigenvalue weighted by molar-refractivity contribution is 7.14. The fourth-order valence-corrected chi connectivity index (χ4v) is 4.64. The van der Waals surface area contributed by atoms with Crippen molar-refractivity contribution in [2.75, 3.05) is 0 Å². The van der Waals surface area contributed by atoms with Gasteiger partial charge in [-0.15, -0.1) is 11.3 Å². The van der Waals surface area contributed by atoms with Crippen LogP contribution in [0.3, 0.4) is 0 Å². The Hall–Kier alpha value is -2.76. The molecular weight excluding hydrogens is 384 g/mol. The summed E-state index contributed by atoms with van der Waals surface area (Å²) in [5.41, 5.74) is 4.24. The van der Waals surface area contributed by atoms with Crippen molar-refractivity contribution < 1.29 is 4.79 Å². The highest BCUT2D eigenvalue weighted by Gasteiger charge is 2.17. The maximum atomic E-state index is 12.7. The number of hydrogen-bond donors (Lipinski definition) is 1. The normalized spacial score (nSPS) is 11.9. The van der Waals surface area contributed by atoms with E-state index in [-0.39, 0.29) is 11.9 Å². The second-order valence-corrected chi connectivity index (χ2v) is 8.19. The van der Waals surface area contributed by atoms with E-state index in [1.165, 1.54) is 5.56 Å². The van der Waals surface area contributed by atoms with Crippen molar-refractivity contribution >= 4 is 28.6 Å². The minimum atomic E-state index is -0.0638. The van der Waals surface area contributed by atoms with Crippen molar-refractivity contribution in [3.05, 3.63) is 99.7 Å². The highest BCUT2D eigenvalue weighted by Crippen LogP contribution is 2.26. The fourth-order valence-electron chi connectivity index (χ4n) is 3.10. The molecule has 0 spiro atoms. The van der Waals surface area contributed by atoms with Gasteiger partial charge in [-0.1, -0.05) is 60.7 Å². The zero-order valence-corrected chi connectivity index (χ0v) is 16.9. The monoisotopic (exact) mass is 404 g/mol. The molecule has 1 amide bonds. The van der Waals surface area contributed by atoms with Gasteiger partial charge in [0.05, 0.1) is 18.2 Å². The lowest BCUT2D eigenvalue weighted by Crippen LogP contribution is -2.31. The number of amides is 1. The first-order valence-corrected chi connectivity index (χ1v) is 11.0. The second-order valence-electron chi connectivity index (χ2n) is 6.55. The van der Waals surface area contributed by atoms with Crippen LogP contribution in [0, 0.1) is 0 Å². The van der Waals surface area contributed by atoms with E-state index in [0.29, 0.717) is 6.42 Å². The number of hydrogen-bond acceptors (Lipinski definition) is 4. The van der Waals surface area contributed by atoms with Crippen LogP contribution in [0.1, 0.15) is 22.9 Å². The van der Waals surface area contributed by atoms with Gasteiger partial charge in [-0.25, -0.2) is 4.98 Å². The van der Waals surface area contributed by atoms with Gasteiger partial charge in [0.1, 0.15) is 5.01 Å². The van der Waals surface area contributed by atoms with E-state index < -0.39 is 0 Å². The van der Waals surface area contributed by atoms with Gasteiger partial charge in [0.15, 0.2) is 0 Å². The third kappa shape index (κ3) is 4.74. The molecule has 0 aliphatic rings. The summed E-state index contributed by atoms with van der Waals surface area (Å²) in [6.07, 6.45) is 1.05. The van der Waals surface area contributed by atoms with Gasteiger partial charge in [-0.2, -0.15) is 11.3 Å². The Balaban J connectivity index is 1.46. The number of thiazole rings is 1. The molecule has 4 rings (SSSR count). The van der Waals surface area contributed by atoms with Gasteiger partial charge in [0, 0.05) is 16.3 Å². The van der Waals surface area contributed by atoms with Crippen LogP contribution in [0.2, 0.25) is 0 Å². The molecule has 140 valence electrons. The SMILES string of the molecule is O=C(Cc1csc(-c2ccsc2)n1)N[C@H](Cc1ccccc1)c1ccccc1. The van der Waals surface area contributed by atoms with Crippen LogP contribution in [-0.2, 0) is 17.6 Å². The topological polar surface area (TPSA) is 42.0 Å². The molecule has 0 aliphatic carbocycles. The first-order chi connectivity index (χ1) is 13.8. The van der Waals surface area contributed by atoms with Gasteiger partial charge in [0.25, 0.3) is 0 Å². The van der Waals surface area contributed by atoms with E-state index in [2.05, 4.69) is 46.0 Å². The van der Waals surface area contributed by atoms with E-state index in [0.717, 1.165) is 28.2 Å². The quantitative estimate of drug-likeness (QED) is 0.441. The molecule has 0 fully saturated rings. The van der Waals surface area contributed by atoms with Crippen molar-refractivity contribution in [1.82, 2.24) is 10.3 Å². The summed E-state index contributed by atoms with van der Waals surface area (Å²) in [4.78, 5) is 17.4. The third-order valence-corrected chi connectivity index (χ3v) is 6.10. The smallest absolute Gasteiger partial charge is 0.226 e. The van der Waals surface area contributed by atoms with E-state index in [1.54, 1.807) is 22.7 Å². The van der Waals surface area contributed by atoms with Crippen LogP contribution in [0.4, 0.5) is 0 Å². The van der Waals surface area contributed by atoms with Crippen molar-refractivity contribution in [2.45, 2.75) is 18.9 Å². The second kappa shape index (κ2) is 8.95. The first-order valence-electron chi connectivity index (χ1n) is 9.13. The number of carbonyl (C=O) groups is 1. The molecule has 3 nitrogen and oxygen atoms in total. The molecule has 2 aromatic heterocycles. The Morgan fingerprint density at radius 1 is 0.964 bits per heavy atom. The van der Waals surface area contributed by atoms with Crippen LogP contribution in [0.15, 0.2) is 82.9 Å². The van der Waals surface area contributed by atoms with E-state index in [4.69, 9.17) is 0 Å². The van der Waals surface area contributed by atoms with Crippen molar-refractivity contribution in [3.63, 3.8) is 0 Å². The maximum Gasteiger partial charge on any atom is 0.226 e. The van der Waals surface area contributed by atoms with Gasteiger partial charge in [-0.05, 0) is 29.0 Å². The molecule has 2 heterocycles. The summed E-state index contributed by atoms with van der Waals surface area (Å²) in [5.74, 6) is -0.00745. The summed E-state index contributed by atoms with van der Waals surface area (Å²) < 4.78 is 0. The number of rotatable bonds is 7. The van der Waals surface area contributed by atoms with Crippen LogP contribution in [0.25, 0.3) is 10.6 Å². The lowest BCUT2D eigenvalue weighted by atomic mass is 9.98. The molecule has 5 heteroatoms. The Kier molecular flexibility index (Phi) is 5.95. The van der Waals surface area contributed by atoms with Gasteiger partial charge < -0.3 is 5.32 Å². The zero-order valence-electron chi connectivity index (χ0n) is 15.2. The summed E-state index contributed by atoms with van der Waals surface area (Å²) in [6.45, 7) is 0. The van der Waals surface area contributed by atoms with E-state index in [9.17, 15) is 4.79 Å². The van der Waals surface area contributed by atoms with Crippen LogP contribution in [-0.4, -0.2) is 10.9 Å². The fraction of sp³-hybridized carbons (Fsp3) is 0.130. The van der Waals surface area contributed by atoms with E-state index in [1.807, 2.05) is 47.2 Å². The predicted molar refractivity (Wildman–Crippen MR) is 117 cm³/mol. The molecule has 1 atom stereocenters. The molecule has 0 unspecified atom stereocenters. The Morgan fingerprint density at radius 3 is 2.43 bits per heavy atom. The minimum Gasteiger partial charge on any atom is -0.349 e. The standard InChI is InChI=1S/C23H20N2OS2/c26-22(14-20-16-28-23(24-20)19-11-12-27-15-19)25-21(18-9-5-2-6-10-18)13-17-7-3-1-4-8-17/h1-12,15-16,21H,13-14H2,(H,25,26)/t21-/m1/s1. The molecule has 0 saturated heterocycles. The molecule has 28 heavy (non-hydrogen) atoms. The molecule has 0 saturated carbocycles. The highest BCUT2D eigenvalue weighted by atomic mass is 32.1. The lowest BCUT2D eigenvalue weighted by molar-refractivity contribution is -0.121. The summed E-state index contributed by atoms with van der Waals surface area (Å²) in [7, 11) is 0. The number of nitrogens with zero attached hydrogens (tertiary/aromatic N) is 1. The number of nitrogens with one attached hydrogen (secondary N) is 1. The molecule has 0 radical (unpaired) electrons.